The molecule has 0 aliphatic rings. The van der Waals surface area contributed by atoms with Gasteiger partial charge in [0.25, 0.3) is 0 Å². The molecule has 0 fully saturated rings. The number of hydrogen-bond donors (Lipinski definition) is 3. The Morgan fingerprint density at radius 1 is 0.378 bits per heavy atom. The van der Waals surface area contributed by atoms with Crippen molar-refractivity contribution in [1.82, 2.24) is 5.32 Å². The van der Waals surface area contributed by atoms with Gasteiger partial charge in [-0.25, -0.2) is 4.57 Å². The quantitative estimate of drug-likeness (QED) is 0.0243. The van der Waals surface area contributed by atoms with Crippen LogP contribution in [0.25, 0.3) is 0 Å². The van der Waals surface area contributed by atoms with E-state index in [1.54, 1.807) is 6.08 Å². The van der Waals surface area contributed by atoms with Gasteiger partial charge < -0.3 is 19.8 Å². The number of hydrogen-bond acceptors (Lipinski definition) is 5. The molecule has 0 saturated carbocycles. The van der Waals surface area contributed by atoms with Gasteiger partial charge in [0.05, 0.1) is 39.9 Å². The van der Waals surface area contributed by atoms with E-state index in [1.807, 2.05) is 27.2 Å². The molecule has 1 amide bonds. The Bertz CT molecular complexity index is 1610. The molecular formula is C81H158N2O6P+. The number of allylic oxidation sites excluding steroid dienone is 7. The summed E-state index contributed by atoms with van der Waals surface area (Å²) in [5.41, 5.74) is 0. The van der Waals surface area contributed by atoms with Crippen molar-refractivity contribution < 1.29 is 32.9 Å². The van der Waals surface area contributed by atoms with Crippen LogP contribution in [0.4, 0.5) is 0 Å². The number of carbonyl (C=O) groups is 1. The number of likely N-dealkylation sites (N-methyl/N-ethyl adjacent to an activating group) is 1. The highest BCUT2D eigenvalue weighted by Crippen LogP contribution is 2.43. The van der Waals surface area contributed by atoms with Gasteiger partial charge in [-0.15, -0.1) is 0 Å². The monoisotopic (exact) mass is 1290 g/mol. The molecule has 0 saturated heterocycles. The molecule has 3 atom stereocenters. The van der Waals surface area contributed by atoms with Crippen molar-refractivity contribution in [2.24, 2.45) is 0 Å². The number of rotatable bonds is 75. The first kappa shape index (κ1) is 88.5. The second-order valence-corrected chi connectivity index (χ2v) is 30.2. The summed E-state index contributed by atoms with van der Waals surface area (Å²) in [5.74, 6) is -0.178. The molecule has 0 aromatic carbocycles. The predicted octanol–water partition coefficient (Wildman–Crippen LogP) is 26.1. The largest absolute Gasteiger partial charge is 0.472 e. The van der Waals surface area contributed by atoms with E-state index >= 15 is 0 Å². The van der Waals surface area contributed by atoms with Gasteiger partial charge in [-0.3, -0.25) is 13.8 Å². The molecule has 0 spiro atoms. The lowest BCUT2D eigenvalue weighted by atomic mass is 10.0. The van der Waals surface area contributed by atoms with Crippen molar-refractivity contribution in [2.75, 3.05) is 40.9 Å². The number of quaternary nitrogens is 1. The summed E-state index contributed by atoms with van der Waals surface area (Å²) < 4.78 is 23.9. The van der Waals surface area contributed by atoms with Crippen LogP contribution < -0.4 is 5.32 Å². The summed E-state index contributed by atoms with van der Waals surface area (Å²) in [6.07, 6.45) is 98.9. The molecule has 0 aromatic heterocycles. The number of phosphoric ester groups is 1. The van der Waals surface area contributed by atoms with Crippen LogP contribution in [0.15, 0.2) is 48.6 Å². The van der Waals surface area contributed by atoms with Crippen molar-refractivity contribution in [1.29, 1.82) is 0 Å². The Morgan fingerprint density at radius 3 is 0.956 bits per heavy atom. The van der Waals surface area contributed by atoms with Crippen LogP contribution in [0.1, 0.15) is 412 Å². The average molecular weight is 1290 g/mol. The summed E-state index contributed by atoms with van der Waals surface area (Å²) in [5, 5.41) is 14.0. The maximum atomic E-state index is 13.1. The van der Waals surface area contributed by atoms with Crippen LogP contribution in [-0.2, 0) is 18.4 Å². The van der Waals surface area contributed by atoms with Crippen molar-refractivity contribution >= 4 is 13.7 Å². The summed E-state index contributed by atoms with van der Waals surface area (Å²) >= 11 is 0. The molecule has 0 heterocycles. The highest BCUT2D eigenvalue weighted by molar-refractivity contribution is 7.47. The molecule has 8 nitrogen and oxygen atoms in total. The van der Waals surface area contributed by atoms with Gasteiger partial charge in [-0.05, 0) is 64.2 Å². The van der Waals surface area contributed by atoms with E-state index in [-0.39, 0.29) is 19.1 Å². The second kappa shape index (κ2) is 71.7. The Labute approximate surface area is 562 Å². The molecule has 3 N–H and O–H groups in total. The lowest BCUT2D eigenvalue weighted by molar-refractivity contribution is -0.870. The third kappa shape index (κ3) is 73.9. The highest BCUT2D eigenvalue weighted by atomic mass is 31.2. The van der Waals surface area contributed by atoms with E-state index in [9.17, 15) is 19.4 Å². The predicted molar refractivity (Wildman–Crippen MR) is 397 cm³/mol. The van der Waals surface area contributed by atoms with E-state index in [0.29, 0.717) is 17.4 Å². The number of amides is 1. The molecule has 0 radical (unpaired) electrons. The van der Waals surface area contributed by atoms with Crippen molar-refractivity contribution in [3.63, 3.8) is 0 Å². The minimum atomic E-state index is -4.36. The van der Waals surface area contributed by atoms with Gasteiger partial charge in [-0.1, -0.05) is 390 Å². The minimum Gasteiger partial charge on any atom is -0.387 e. The first-order chi connectivity index (χ1) is 44.0. The fourth-order valence-corrected chi connectivity index (χ4v) is 13.1. The Balaban J connectivity index is 3.95. The molecule has 0 aliphatic heterocycles. The van der Waals surface area contributed by atoms with E-state index in [0.717, 1.165) is 44.9 Å². The number of carbonyl (C=O) groups excluding carboxylic acids is 1. The third-order valence-corrected chi connectivity index (χ3v) is 19.5. The molecule has 0 aliphatic carbocycles. The summed E-state index contributed by atoms with van der Waals surface area (Å²) in [6, 6.07) is -0.864. The SMILES string of the molecule is CCCCCCC/C=C\C/C=C\CCCCCCCCCCCCCCCCCCCCCCCCCCCCCC(=O)NC(COP(=O)(O)OCC[N+](C)(C)C)C(O)/C=C/CC/C=C/CCCCCCCCCCCCCCCCCCCCCCCCC. The summed E-state index contributed by atoms with van der Waals surface area (Å²) in [4.78, 5) is 23.5. The molecular weight excluding hydrogens is 1130 g/mol. The number of nitrogens with one attached hydrogen (secondary N) is 1. The molecule has 9 heteroatoms. The number of unbranched alkanes of at least 4 members (excludes halogenated alkanes) is 56. The van der Waals surface area contributed by atoms with Crippen LogP contribution in [0.5, 0.6) is 0 Å². The van der Waals surface area contributed by atoms with Crippen molar-refractivity contribution in [3.05, 3.63) is 48.6 Å². The van der Waals surface area contributed by atoms with Crippen molar-refractivity contribution in [2.45, 2.75) is 424 Å². The Hall–Kier alpha value is -1.54. The summed E-state index contributed by atoms with van der Waals surface area (Å²) in [7, 11) is 1.57. The number of nitrogens with zero attached hydrogens (tertiary/aromatic N) is 1. The third-order valence-electron chi connectivity index (χ3n) is 18.5. The lowest BCUT2D eigenvalue weighted by Gasteiger charge is -2.25. The molecule has 0 rings (SSSR count). The second-order valence-electron chi connectivity index (χ2n) is 28.8. The molecule has 0 bridgehead atoms. The number of phosphoric acid groups is 1. The average Bonchev–Trinajstić information content (AvgIpc) is 3.72. The zero-order valence-corrected chi connectivity index (χ0v) is 62.1. The number of aliphatic hydroxyl groups excluding tert-OH is 1. The Morgan fingerprint density at radius 2 is 0.644 bits per heavy atom. The van der Waals surface area contributed by atoms with Crippen LogP contribution in [0.3, 0.4) is 0 Å². The first-order valence-corrected chi connectivity index (χ1v) is 41.5. The van der Waals surface area contributed by atoms with Crippen LogP contribution in [0, 0.1) is 0 Å². The van der Waals surface area contributed by atoms with E-state index in [1.165, 1.54) is 347 Å². The van der Waals surface area contributed by atoms with Gasteiger partial charge in [-0.2, -0.15) is 0 Å². The molecule has 532 valence electrons. The molecule has 0 aromatic rings. The standard InChI is InChI=1S/C81H157N2O6P/c1-6-8-10-12-14-16-18-20-22-24-26-28-30-32-34-36-37-38-39-40-41-42-43-44-45-47-49-51-53-55-57-59-61-63-65-67-69-71-73-75-81(85)82-79(78-89-90(86,87)88-77-76-83(3,4)5)80(84)74-72-70-68-66-64-62-60-58-56-54-52-50-48-46-35-33-31-29-27-25-23-21-19-17-15-13-11-9-7-2/h18,20,24,26,64,66,72,74,79-80,84H,6-17,19,21-23,25,27-63,65,67-71,73,75-78H2,1-5H3,(H-,82,85,86,87)/p+1/b20-18-,26-24-,66-64+,74-72+. The minimum absolute atomic E-state index is 0.0580. The van der Waals surface area contributed by atoms with E-state index in [4.69, 9.17) is 9.05 Å². The molecule has 3 unspecified atom stereocenters. The smallest absolute Gasteiger partial charge is 0.387 e. The van der Waals surface area contributed by atoms with Gasteiger partial charge in [0.1, 0.15) is 13.2 Å². The van der Waals surface area contributed by atoms with Gasteiger partial charge >= 0.3 is 7.82 Å². The first-order valence-electron chi connectivity index (χ1n) is 40.0. The van der Waals surface area contributed by atoms with E-state index < -0.39 is 20.0 Å². The molecule has 90 heavy (non-hydrogen) atoms. The van der Waals surface area contributed by atoms with Crippen molar-refractivity contribution in [3.8, 4) is 0 Å². The van der Waals surface area contributed by atoms with Gasteiger partial charge in [0.15, 0.2) is 0 Å². The summed E-state index contributed by atoms with van der Waals surface area (Å²) in [6.45, 7) is 4.85. The van der Waals surface area contributed by atoms with Crippen LogP contribution in [-0.4, -0.2) is 73.4 Å². The maximum absolute atomic E-state index is 13.1. The lowest BCUT2D eigenvalue weighted by Crippen LogP contribution is -2.45. The zero-order valence-electron chi connectivity index (χ0n) is 61.2. The van der Waals surface area contributed by atoms with Crippen LogP contribution >= 0.6 is 7.82 Å². The zero-order chi connectivity index (χ0) is 65.5. The number of aliphatic hydroxyl groups is 1. The normalized spacial score (nSPS) is 13.7. The fourth-order valence-electron chi connectivity index (χ4n) is 12.3. The van der Waals surface area contributed by atoms with Gasteiger partial charge in [0.2, 0.25) is 5.91 Å². The van der Waals surface area contributed by atoms with Crippen LogP contribution in [0.2, 0.25) is 0 Å². The van der Waals surface area contributed by atoms with Gasteiger partial charge in [0, 0.05) is 6.42 Å². The fraction of sp³-hybridized carbons (Fsp3) is 0.889. The topological polar surface area (TPSA) is 105 Å². The Kier molecular flexibility index (Phi) is 70.5. The maximum Gasteiger partial charge on any atom is 0.472 e. The highest BCUT2D eigenvalue weighted by Gasteiger charge is 2.28. The van der Waals surface area contributed by atoms with E-state index in [2.05, 4.69) is 55.6 Å².